The van der Waals surface area contributed by atoms with Crippen molar-refractivity contribution in [2.24, 2.45) is 0 Å². The average Bonchev–Trinajstić information content (AvgIpc) is 2.66. The van der Waals surface area contributed by atoms with E-state index < -0.39 is 0 Å². The van der Waals surface area contributed by atoms with Gasteiger partial charge in [0.15, 0.2) is 0 Å². The van der Waals surface area contributed by atoms with Gasteiger partial charge in [0.1, 0.15) is 11.6 Å². The maximum atomic E-state index is 13.8. The van der Waals surface area contributed by atoms with Crippen molar-refractivity contribution in [3.05, 3.63) is 65.5 Å². The van der Waals surface area contributed by atoms with Crippen LogP contribution in [0, 0.1) is 5.82 Å². The zero-order valence-corrected chi connectivity index (χ0v) is 15.7. The van der Waals surface area contributed by atoms with Gasteiger partial charge in [0.25, 0.3) is 0 Å². The van der Waals surface area contributed by atoms with Gasteiger partial charge in [0, 0.05) is 38.5 Å². The largest absolute Gasteiger partial charge is 0.496 e. The van der Waals surface area contributed by atoms with Crippen LogP contribution in [0.4, 0.5) is 4.39 Å². The maximum absolute atomic E-state index is 13.8. The molecule has 0 aromatic heterocycles. The summed E-state index contributed by atoms with van der Waals surface area (Å²) in [4.78, 5) is 25.3. The number of carbonyl (C=O) groups excluding carboxylic acids is 2. The van der Waals surface area contributed by atoms with Crippen LogP contribution in [0.2, 0.25) is 0 Å². The van der Waals surface area contributed by atoms with Crippen LogP contribution in [-0.4, -0.2) is 36.9 Å². The van der Waals surface area contributed by atoms with Gasteiger partial charge < -0.3 is 15.0 Å². The lowest BCUT2D eigenvalue weighted by Gasteiger charge is -2.21. The molecule has 0 saturated carbocycles. The Kier molecular flexibility index (Phi) is 7.79. The van der Waals surface area contributed by atoms with E-state index in [0.29, 0.717) is 18.5 Å². The third kappa shape index (κ3) is 6.40. The molecule has 0 atom stereocenters. The lowest BCUT2D eigenvalue weighted by molar-refractivity contribution is -0.130. The highest BCUT2D eigenvalue weighted by Gasteiger charge is 2.14. The minimum absolute atomic E-state index is 0.148. The third-order valence-electron chi connectivity index (χ3n) is 4.28. The van der Waals surface area contributed by atoms with Gasteiger partial charge >= 0.3 is 0 Å². The van der Waals surface area contributed by atoms with Crippen molar-refractivity contribution in [3.8, 4) is 5.75 Å². The van der Waals surface area contributed by atoms with Crippen LogP contribution in [-0.2, 0) is 22.6 Å². The van der Waals surface area contributed by atoms with E-state index in [0.717, 1.165) is 11.3 Å². The number of halogens is 1. The monoisotopic (exact) mass is 372 g/mol. The molecule has 1 N–H and O–H groups in total. The topological polar surface area (TPSA) is 58.6 Å². The minimum atomic E-state index is -0.356. The molecule has 0 bridgehead atoms. The van der Waals surface area contributed by atoms with E-state index in [1.54, 1.807) is 25.3 Å². The number of benzene rings is 2. The third-order valence-corrected chi connectivity index (χ3v) is 4.28. The predicted octanol–water partition coefficient (Wildman–Crippen LogP) is 2.93. The lowest BCUT2D eigenvalue weighted by Crippen LogP contribution is -2.34. The van der Waals surface area contributed by atoms with E-state index in [4.69, 9.17) is 4.74 Å². The van der Waals surface area contributed by atoms with Crippen molar-refractivity contribution in [3.63, 3.8) is 0 Å². The molecule has 144 valence electrons. The molecule has 0 unspecified atom stereocenters. The molecule has 0 heterocycles. The molecule has 0 spiro atoms. The standard InChI is InChI=1S/C21H25FN2O3/c1-16(25)24(15-18-8-3-5-9-19(18)22)14-12-21(26)23-13-11-17-7-4-6-10-20(17)27-2/h3-10H,11-15H2,1-2H3,(H,23,26). The lowest BCUT2D eigenvalue weighted by atomic mass is 10.1. The Balaban J connectivity index is 1.80. The Morgan fingerprint density at radius 2 is 1.74 bits per heavy atom. The molecule has 0 aliphatic heterocycles. The van der Waals surface area contributed by atoms with Crippen molar-refractivity contribution in [2.45, 2.75) is 26.3 Å². The second-order valence-corrected chi connectivity index (χ2v) is 6.19. The molecule has 0 radical (unpaired) electrons. The Morgan fingerprint density at radius 1 is 1.07 bits per heavy atom. The van der Waals surface area contributed by atoms with Crippen LogP contribution in [0.3, 0.4) is 0 Å². The molecule has 2 amide bonds. The van der Waals surface area contributed by atoms with Gasteiger partial charge in [-0.15, -0.1) is 0 Å². The van der Waals surface area contributed by atoms with E-state index in [9.17, 15) is 14.0 Å². The van der Waals surface area contributed by atoms with Crippen molar-refractivity contribution in [1.29, 1.82) is 0 Å². The van der Waals surface area contributed by atoms with E-state index in [1.807, 2.05) is 24.3 Å². The summed E-state index contributed by atoms with van der Waals surface area (Å²) in [6, 6.07) is 14.0. The fourth-order valence-corrected chi connectivity index (χ4v) is 2.75. The van der Waals surface area contributed by atoms with E-state index >= 15 is 0 Å². The van der Waals surface area contributed by atoms with Gasteiger partial charge in [-0.1, -0.05) is 36.4 Å². The van der Waals surface area contributed by atoms with E-state index in [2.05, 4.69) is 5.32 Å². The molecule has 0 saturated heterocycles. The fourth-order valence-electron chi connectivity index (χ4n) is 2.75. The fraction of sp³-hybridized carbons (Fsp3) is 0.333. The number of hydrogen-bond acceptors (Lipinski definition) is 3. The molecule has 2 aromatic rings. The zero-order valence-electron chi connectivity index (χ0n) is 15.7. The summed E-state index contributed by atoms with van der Waals surface area (Å²) in [5, 5.41) is 2.85. The quantitative estimate of drug-likeness (QED) is 0.736. The molecular formula is C21H25FN2O3. The first-order chi connectivity index (χ1) is 13.0. The summed E-state index contributed by atoms with van der Waals surface area (Å²) >= 11 is 0. The van der Waals surface area contributed by atoms with Crippen LogP contribution in [0.1, 0.15) is 24.5 Å². The molecule has 2 aromatic carbocycles. The number of amides is 2. The number of para-hydroxylation sites is 1. The number of methoxy groups -OCH3 is 1. The molecule has 2 rings (SSSR count). The Labute approximate surface area is 159 Å². The van der Waals surface area contributed by atoms with E-state index in [-0.39, 0.29) is 37.1 Å². The summed E-state index contributed by atoms with van der Waals surface area (Å²) in [6.07, 6.45) is 0.821. The van der Waals surface area contributed by atoms with Gasteiger partial charge in [0.05, 0.1) is 7.11 Å². The van der Waals surface area contributed by atoms with Crippen LogP contribution in [0.25, 0.3) is 0 Å². The summed E-state index contributed by atoms with van der Waals surface area (Å²) in [6.45, 7) is 2.29. The summed E-state index contributed by atoms with van der Waals surface area (Å²) in [7, 11) is 1.61. The highest BCUT2D eigenvalue weighted by atomic mass is 19.1. The minimum Gasteiger partial charge on any atom is -0.496 e. The highest BCUT2D eigenvalue weighted by molar-refractivity contribution is 5.78. The zero-order chi connectivity index (χ0) is 19.6. The predicted molar refractivity (Wildman–Crippen MR) is 102 cm³/mol. The summed E-state index contributed by atoms with van der Waals surface area (Å²) < 4.78 is 19.1. The molecule has 0 fully saturated rings. The number of ether oxygens (including phenoxy) is 1. The first-order valence-corrected chi connectivity index (χ1v) is 8.88. The highest BCUT2D eigenvalue weighted by Crippen LogP contribution is 2.17. The van der Waals surface area contributed by atoms with Crippen molar-refractivity contribution >= 4 is 11.8 Å². The Morgan fingerprint density at radius 3 is 2.41 bits per heavy atom. The van der Waals surface area contributed by atoms with E-state index in [1.165, 1.54) is 17.9 Å². The van der Waals surface area contributed by atoms with Crippen LogP contribution < -0.4 is 10.1 Å². The molecule has 27 heavy (non-hydrogen) atoms. The second kappa shape index (κ2) is 10.3. The van der Waals surface area contributed by atoms with Gasteiger partial charge in [-0.25, -0.2) is 4.39 Å². The van der Waals surface area contributed by atoms with Gasteiger partial charge in [-0.2, -0.15) is 0 Å². The first kappa shape index (κ1) is 20.4. The second-order valence-electron chi connectivity index (χ2n) is 6.19. The van der Waals surface area contributed by atoms with Crippen LogP contribution in [0.5, 0.6) is 5.75 Å². The molecule has 5 nitrogen and oxygen atoms in total. The molecule has 0 aliphatic rings. The number of hydrogen-bond donors (Lipinski definition) is 1. The van der Waals surface area contributed by atoms with Crippen molar-refractivity contribution in [2.75, 3.05) is 20.2 Å². The molecule has 0 aliphatic carbocycles. The van der Waals surface area contributed by atoms with Gasteiger partial charge in [-0.05, 0) is 24.1 Å². The normalized spacial score (nSPS) is 10.3. The van der Waals surface area contributed by atoms with Crippen molar-refractivity contribution in [1.82, 2.24) is 10.2 Å². The number of nitrogens with one attached hydrogen (secondary N) is 1. The maximum Gasteiger partial charge on any atom is 0.221 e. The van der Waals surface area contributed by atoms with Gasteiger partial charge in [0.2, 0.25) is 11.8 Å². The summed E-state index contributed by atoms with van der Waals surface area (Å²) in [5.41, 5.74) is 1.45. The van der Waals surface area contributed by atoms with Crippen LogP contribution >= 0.6 is 0 Å². The SMILES string of the molecule is COc1ccccc1CCNC(=O)CCN(Cc1ccccc1F)C(C)=O. The van der Waals surface area contributed by atoms with Crippen molar-refractivity contribution < 1.29 is 18.7 Å². The average molecular weight is 372 g/mol. The van der Waals surface area contributed by atoms with Crippen LogP contribution in [0.15, 0.2) is 48.5 Å². The number of rotatable bonds is 9. The molecule has 6 heteroatoms. The Bertz CT molecular complexity index is 780. The first-order valence-electron chi connectivity index (χ1n) is 8.88. The van der Waals surface area contributed by atoms with Gasteiger partial charge in [-0.3, -0.25) is 9.59 Å². The smallest absolute Gasteiger partial charge is 0.221 e. The summed E-state index contributed by atoms with van der Waals surface area (Å²) in [5.74, 6) is 0.0918. The number of carbonyl (C=O) groups is 2. The Hall–Kier alpha value is -2.89. The molecular weight excluding hydrogens is 347 g/mol. The number of nitrogens with zero attached hydrogens (tertiary/aromatic N) is 1.